The Bertz CT molecular complexity index is 1320. The van der Waals surface area contributed by atoms with E-state index in [1.807, 2.05) is 0 Å². The molecule has 4 rings (SSSR count). The Hall–Kier alpha value is -2.43. The first-order valence-electron chi connectivity index (χ1n) is 10.5. The third kappa shape index (κ3) is 4.39. The van der Waals surface area contributed by atoms with Gasteiger partial charge in [0.05, 0.1) is 15.1 Å². The fourth-order valence-corrected chi connectivity index (χ4v) is 6.51. The minimum atomic E-state index is -3.61. The largest absolute Gasteiger partial charge is 0.314 e. The predicted octanol–water partition coefficient (Wildman–Crippen LogP) is 4.31. The number of fused-ring (bicyclic) bond motifs is 1. The van der Waals surface area contributed by atoms with Gasteiger partial charge in [0.2, 0.25) is 10.0 Å². The first-order chi connectivity index (χ1) is 15.3. The number of aromatic nitrogens is 1. The summed E-state index contributed by atoms with van der Waals surface area (Å²) in [4.78, 5) is 17.2. The van der Waals surface area contributed by atoms with Crippen LogP contribution < -0.4 is 4.80 Å². The molecule has 1 aliphatic heterocycles. The van der Waals surface area contributed by atoms with Crippen LogP contribution in [0.2, 0.25) is 0 Å². The number of amides is 1. The number of sulfonamides is 1. The van der Waals surface area contributed by atoms with E-state index >= 15 is 0 Å². The van der Waals surface area contributed by atoms with Gasteiger partial charge in [-0.15, -0.1) is 0 Å². The van der Waals surface area contributed by atoms with Crippen molar-refractivity contribution in [3.63, 3.8) is 0 Å². The maximum atomic E-state index is 14.3. The Labute approximate surface area is 188 Å². The summed E-state index contributed by atoms with van der Waals surface area (Å²) in [5, 5.41) is 0. The summed E-state index contributed by atoms with van der Waals surface area (Å²) in [6.07, 6.45) is 3.72. The van der Waals surface area contributed by atoms with Crippen molar-refractivity contribution in [2.24, 2.45) is 4.99 Å². The van der Waals surface area contributed by atoms with Gasteiger partial charge >= 0.3 is 0 Å². The molecule has 10 heteroatoms. The van der Waals surface area contributed by atoms with Gasteiger partial charge in [-0.3, -0.25) is 4.79 Å². The lowest BCUT2D eigenvalue weighted by Gasteiger charge is -2.19. The second-order valence-electron chi connectivity index (χ2n) is 7.62. The number of thiazole rings is 1. The molecule has 0 spiro atoms. The van der Waals surface area contributed by atoms with Gasteiger partial charge in [0.1, 0.15) is 5.82 Å². The Morgan fingerprint density at radius 2 is 1.72 bits per heavy atom. The van der Waals surface area contributed by atoms with Crippen molar-refractivity contribution in [1.29, 1.82) is 0 Å². The first-order valence-corrected chi connectivity index (χ1v) is 12.7. The van der Waals surface area contributed by atoms with Gasteiger partial charge in [-0.05, 0) is 50.1 Å². The summed E-state index contributed by atoms with van der Waals surface area (Å²) < 4.78 is 57.0. The third-order valence-electron chi connectivity index (χ3n) is 5.51. The zero-order chi connectivity index (χ0) is 22.9. The van der Waals surface area contributed by atoms with Gasteiger partial charge < -0.3 is 4.57 Å². The van der Waals surface area contributed by atoms with Crippen molar-refractivity contribution in [3.05, 3.63) is 58.4 Å². The highest BCUT2D eigenvalue weighted by molar-refractivity contribution is 7.89. The fourth-order valence-electron chi connectivity index (χ4n) is 3.86. The zero-order valence-electron chi connectivity index (χ0n) is 17.6. The van der Waals surface area contributed by atoms with E-state index in [1.54, 1.807) is 6.92 Å². The number of aryl methyl sites for hydroxylation is 1. The van der Waals surface area contributed by atoms with E-state index in [4.69, 9.17) is 0 Å². The van der Waals surface area contributed by atoms with Crippen LogP contribution >= 0.6 is 11.3 Å². The van der Waals surface area contributed by atoms with E-state index < -0.39 is 27.6 Å². The van der Waals surface area contributed by atoms with Gasteiger partial charge in [-0.1, -0.05) is 24.2 Å². The van der Waals surface area contributed by atoms with E-state index in [0.717, 1.165) is 43.1 Å². The third-order valence-corrected chi connectivity index (χ3v) is 8.45. The van der Waals surface area contributed by atoms with E-state index in [-0.39, 0.29) is 20.8 Å². The maximum absolute atomic E-state index is 14.3. The molecule has 3 aromatic rings. The summed E-state index contributed by atoms with van der Waals surface area (Å²) >= 11 is 1.02. The van der Waals surface area contributed by atoms with Crippen LogP contribution in [0.25, 0.3) is 10.2 Å². The minimum absolute atomic E-state index is 0.138. The molecule has 0 saturated carbocycles. The van der Waals surface area contributed by atoms with Gasteiger partial charge in [0.15, 0.2) is 10.6 Å². The normalized spacial score (nSPS) is 16.4. The summed E-state index contributed by atoms with van der Waals surface area (Å²) in [6.45, 7) is 3.12. The summed E-state index contributed by atoms with van der Waals surface area (Å²) in [5.41, 5.74) is 0.413. The first kappa shape index (κ1) is 22.8. The Morgan fingerprint density at radius 1 is 1.06 bits per heavy atom. The number of hydrogen-bond acceptors (Lipinski definition) is 4. The summed E-state index contributed by atoms with van der Waals surface area (Å²) in [5.74, 6) is -1.99. The van der Waals surface area contributed by atoms with Crippen LogP contribution in [0.15, 0.2) is 46.3 Å². The van der Waals surface area contributed by atoms with Crippen molar-refractivity contribution in [2.75, 3.05) is 13.1 Å². The highest BCUT2D eigenvalue weighted by Crippen LogP contribution is 2.23. The molecule has 2 aromatic carbocycles. The lowest BCUT2D eigenvalue weighted by atomic mass is 10.2. The molecule has 32 heavy (non-hydrogen) atoms. The molecule has 1 saturated heterocycles. The highest BCUT2D eigenvalue weighted by atomic mass is 32.2. The van der Waals surface area contributed by atoms with Crippen molar-refractivity contribution in [3.8, 4) is 0 Å². The molecule has 6 nitrogen and oxygen atoms in total. The SMILES string of the molecule is CCn1c(=NC(=O)c2ccc(S(=O)(=O)N3CCCCCC3)cc2)sc2cc(F)cc(F)c21. The molecule has 1 aliphatic rings. The Morgan fingerprint density at radius 3 is 2.34 bits per heavy atom. The van der Waals surface area contributed by atoms with Crippen molar-refractivity contribution >= 4 is 37.5 Å². The molecular weight excluding hydrogens is 456 g/mol. The number of nitrogens with zero attached hydrogens (tertiary/aromatic N) is 3. The van der Waals surface area contributed by atoms with E-state index in [2.05, 4.69) is 4.99 Å². The fraction of sp³-hybridized carbons (Fsp3) is 0.364. The van der Waals surface area contributed by atoms with Gasteiger partial charge in [0, 0.05) is 31.3 Å². The molecule has 2 heterocycles. The average molecular weight is 480 g/mol. The Kier molecular flexibility index (Phi) is 6.55. The van der Waals surface area contributed by atoms with Crippen LogP contribution in [0.3, 0.4) is 0 Å². The van der Waals surface area contributed by atoms with Crippen LogP contribution in [0.1, 0.15) is 43.0 Å². The van der Waals surface area contributed by atoms with Crippen LogP contribution in [0, 0.1) is 11.6 Å². The second kappa shape index (κ2) is 9.21. The van der Waals surface area contributed by atoms with Crippen molar-refractivity contribution in [2.45, 2.75) is 44.0 Å². The molecule has 0 N–H and O–H groups in total. The molecule has 1 fully saturated rings. The lowest BCUT2D eigenvalue weighted by molar-refractivity contribution is 0.0997. The highest BCUT2D eigenvalue weighted by Gasteiger charge is 2.25. The smallest absolute Gasteiger partial charge is 0.279 e. The molecule has 0 bridgehead atoms. The van der Waals surface area contributed by atoms with Crippen LogP contribution in [0.5, 0.6) is 0 Å². The van der Waals surface area contributed by atoms with Gasteiger partial charge in [0.25, 0.3) is 5.91 Å². The predicted molar refractivity (Wildman–Crippen MR) is 119 cm³/mol. The van der Waals surface area contributed by atoms with E-state index in [9.17, 15) is 22.0 Å². The van der Waals surface area contributed by atoms with Gasteiger partial charge in [-0.2, -0.15) is 9.30 Å². The molecule has 0 aliphatic carbocycles. The molecule has 0 radical (unpaired) electrons. The van der Waals surface area contributed by atoms with Crippen LogP contribution in [-0.2, 0) is 16.6 Å². The van der Waals surface area contributed by atoms with Gasteiger partial charge in [-0.25, -0.2) is 17.2 Å². The molecule has 1 amide bonds. The number of benzene rings is 2. The summed E-state index contributed by atoms with van der Waals surface area (Å²) in [6, 6.07) is 7.70. The molecule has 0 unspecified atom stereocenters. The number of carbonyl (C=O) groups excluding carboxylic acids is 1. The summed E-state index contributed by atoms with van der Waals surface area (Å²) in [7, 11) is -3.61. The number of carbonyl (C=O) groups is 1. The molecular formula is C22H23F2N3O3S2. The number of hydrogen-bond donors (Lipinski definition) is 0. The topological polar surface area (TPSA) is 71.7 Å². The standard InChI is InChI=1S/C22H23F2N3O3S2/c1-2-27-20-18(24)13-16(23)14-19(20)31-22(27)25-21(28)15-7-9-17(10-8-15)32(29,30)26-11-5-3-4-6-12-26/h7-10,13-14H,2-6,11-12H2,1H3. The average Bonchev–Trinajstić information content (AvgIpc) is 2.92. The van der Waals surface area contributed by atoms with Crippen molar-refractivity contribution in [1.82, 2.24) is 8.87 Å². The molecule has 1 aromatic heterocycles. The van der Waals surface area contributed by atoms with Crippen molar-refractivity contribution < 1.29 is 22.0 Å². The number of halogens is 2. The van der Waals surface area contributed by atoms with E-state index in [1.165, 1.54) is 39.2 Å². The second-order valence-corrected chi connectivity index (χ2v) is 10.6. The van der Waals surface area contributed by atoms with Crippen LogP contribution in [0.4, 0.5) is 8.78 Å². The minimum Gasteiger partial charge on any atom is -0.314 e. The maximum Gasteiger partial charge on any atom is 0.279 e. The zero-order valence-corrected chi connectivity index (χ0v) is 19.2. The quantitative estimate of drug-likeness (QED) is 0.560. The molecule has 0 atom stereocenters. The monoisotopic (exact) mass is 479 g/mol. The van der Waals surface area contributed by atoms with E-state index in [0.29, 0.717) is 24.3 Å². The Balaban J connectivity index is 1.65. The van der Waals surface area contributed by atoms with Crippen LogP contribution in [-0.4, -0.2) is 36.3 Å². The number of rotatable bonds is 4. The molecule has 170 valence electrons. The lowest BCUT2D eigenvalue weighted by Crippen LogP contribution is -2.31.